The fraction of sp³-hybridized carbons (Fsp3) is 0.828. The van der Waals surface area contributed by atoms with Crippen LogP contribution in [0.2, 0.25) is 0 Å². The number of hydrogen-bond acceptors (Lipinski definition) is 5. The molecule has 1 unspecified atom stereocenters. The molecule has 3 aliphatic rings. The minimum atomic E-state index is -0.845. The fourth-order valence-corrected chi connectivity index (χ4v) is 5.72. The third kappa shape index (κ3) is 8.18. The van der Waals surface area contributed by atoms with Crippen molar-refractivity contribution in [2.45, 2.75) is 123 Å². The van der Waals surface area contributed by atoms with Crippen molar-refractivity contribution in [3.63, 3.8) is 0 Å². The Hall–Kier alpha value is -2.65. The van der Waals surface area contributed by atoms with E-state index in [-0.39, 0.29) is 35.4 Å². The number of hydrogen-bond donors (Lipinski definition) is 4. The summed E-state index contributed by atoms with van der Waals surface area (Å²) >= 11 is 0. The molecule has 0 radical (unpaired) electrons. The van der Waals surface area contributed by atoms with Crippen LogP contribution in [0.5, 0.6) is 0 Å². The Balaban J connectivity index is 1.71. The molecule has 0 aromatic heterocycles. The van der Waals surface area contributed by atoms with Crippen LogP contribution in [0.4, 0.5) is 4.79 Å². The summed E-state index contributed by atoms with van der Waals surface area (Å²) in [6.45, 7) is 11.9. The van der Waals surface area contributed by atoms with Gasteiger partial charge in [0.15, 0.2) is 0 Å². The van der Waals surface area contributed by atoms with Crippen molar-refractivity contribution in [2.24, 2.45) is 17.3 Å². The maximum Gasteiger partial charge on any atom is 0.315 e. The molecule has 10 heteroatoms. The highest BCUT2D eigenvalue weighted by atomic mass is 16.2. The van der Waals surface area contributed by atoms with Gasteiger partial charge >= 0.3 is 6.03 Å². The Bertz CT molecular complexity index is 933. The quantitative estimate of drug-likeness (QED) is 0.312. The zero-order chi connectivity index (χ0) is 29.0. The van der Waals surface area contributed by atoms with E-state index in [9.17, 15) is 24.0 Å². The molecule has 220 valence electrons. The predicted molar refractivity (Wildman–Crippen MR) is 149 cm³/mol. The van der Waals surface area contributed by atoms with E-state index in [0.29, 0.717) is 13.0 Å². The minimum absolute atomic E-state index is 0.0521. The van der Waals surface area contributed by atoms with Crippen LogP contribution >= 0.6 is 0 Å². The van der Waals surface area contributed by atoms with Gasteiger partial charge in [0.05, 0.1) is 6.54 Å². The highest BCUT2D eigenvalue weighted by Gasteiger charge is 2.46. The molecule has 5 amide bonds. The summed E-state index contributed by atoms with van der Waals surface area (Å²) in [6.07, 6.45) is 8.17. The monoisotopic (exact) mass is 547 g/mol. The third-order valence-corrected chi connectivity index (χ3v) is 8.71. The van der Waals surface area contributed by atoms with Gasteiger partial charge < -0.3 is 26.2 Å². The molecule has 0 spiro atoms. The molecule has 4 N–H and O–H groups in total. The van der Waals surface area contributed by atoms with Gasteiger partial charge in [0.1, 0.15) is 12.1 Å². The molecule has 2 saturated carbocycles. The third-order valence-electron chi connectivity index (χ3n) is 8.71. The predicted octanol–water partition coefficient (Wildman–Crippen LogP) is 2.65. The zero-order valence-electron chi connectivity index (χ0n) is 24.7. The van der Waals surface area contributed by atoms with Crippen molar-refractivity contribution < 1.29 is 24.0 Å². The maximum atomic E-state index is 14.0. The summed E-state index contributed by atoms with van der Waals surface area (Å²) in [7, 11) is 0. The minimum Gasteiger partial charge on any atom is -0.347 e. The van der Waals surface area contributed by atoms with Crippen molar-refractivity contribution in [2.75, 3.05) is 13.1 Å². The van der Waals surface area contributed by atoms with Gasteiger partial charge in [0, 0.05) is 18.1 Å². The van der Waals surface area contributed by atoms with E-state index >= 15 is 0 Å². The largest absolute Gasteiger partial charge is 0.347 e. The lowest BCUT2D eigenvalue weighted by Crippen LogP contribution is -2.61. The average Bonchev–Trinajstić information content (AvgIpc) is 3.57. The summed E-state index contributed by atoms with van der Waals surface area (Å²) in [5.74, 6) is -1.83. The van der Waals surface area contributed by atoms with Gasteiger partial charge in [0.25, 0.3) is 5.91 Å². The number of nitrogens with one attached hydrogen (secondary N) is 4. The lowest BCUT2D eigenvalue weighted by atomic mass is 9.80. The summed E-state index contributed by atoms with van der Waals surface area (Å²) in [5.41, 5.74) is -0.862. The molecular weight excluding hydrogens is 498 g/mol. The average molecular weight is 548 g/mol. The molecule has 0 aromatic rings. The maximum absolute atomic E-state index is 14.0. The fourth-order valence-electron chi connectivity index (χ4n) is 5.72. The molecule has 1 aliphatic heterocycles. The van der Waals surface area contributed by atoms with E-state index in [4.69, 9.17) is 0 Å². The lowest BCUT2D eigenvalue weighted by Gasteiger charge is -2.39. The molecule has 2 aliphatic carbocycles. The van der Waals surface area contributed by atoms with Crippen molar-refractivity contribution in [1.29, 1.82) is 0 Å². The normalized spacial score (nSPS) is 23.6. The second kappa shape index (κ2) is 12.7. The highest BCUT2D eigenvalue weighted by molar-refractivity contribution is 6.37. The van der Waals surface area contributed by atoms with Crippen molar-refractivity contribution >= 4 is 29.5 Å². The number of likely N-dealkylation sites (tertiary alicyclic amines) is 1. The Morgan fingerprint density at radius 3 is 2.18 bits per heavy atom. The van der Waals surface area contributed by atoms with Crippen molar-refractivity contribution in [3.05, 3.63) is 0 Å². The molecule has 0 aromatic carbocycles. The highest BCUT2D eigenvalue weighted by Crippen LogP contribution is 2.33. The molecule has 3 atom stereocenters. The van der Waals surface area contributed by atoms with E-state index in [1.165, 1.54) is 6.42 Å². The smallest absolute Gasteiger partial charge is 0.315 e. The van der Waals surface area contributed by atoms with Crippen molar-refractivity contribution in [3.8, 4) is 0 Å². The summed E-state index contributed by atoms with van der Waals surface area (Å²) in [4.78, 5) is 66.2. The number of urea groups is 1. The van der Waals surface area contributed by atoms with Crippen LogP contribution < -0.4 is 21.3 Å². The second-order valence-electron chi connectivity index (χ2n) is 13.2. The Labute approximate surface area is 233 Å². The van der Waals surface area contributed by atoms with E-state index in [0.717, 1.165) is 44.9 Å². The molecule has 39 heavy (non-hydrogen) atoms. The standard InChI is InChI=1S/C29H49N5O5/c1-7-29(13-9-8-10-14-29)33-27(39)32-23(28(4,5)6)26(38)34-17-19(18(2)3)15-21(34)24(36)30-16-22(35)25(37)31-20-11-12-20/h18-21,23H,7-17H2,1-6H3,(H,30,36)(H,31,37)(H2,32,33,39)/t19?,21-,23+/m0/s1. The first-order valence-corrected chi connectivity index (χ1v) is 14.8. The molecule has 1 saturated heterocycles. The molecule has 1 heterocycles. The summed E-state index contributed by atoms with van der Waals surface area (Å²) < 4.78 is 0. The van der Waals surface area contributed by atoms with Crippen LogP contribution in [0, 0.1) is 17.3 Å². The number of Topliss-reactive ketones (excluding diaryl/α,β-unsaturated/α-hetero) is 1. The number of nitrogens with zero attached hydrogens (tertiary/aromatic N) is 1. The molecule has 3 rings (SSSR count). The number of carbonyl (C=O) groups excluding carboxylic acids is 5. The van der Waals surface area contributed by atoms with Crippen LogP contribution in [-0.2, 0) is 19.2 Å². The lowest BCUT2D eigenvalue weighted by molar-refractivity contribution is -0.142. The van der Waals surface area contributed by atoms with Gasteiger partial charge in [-0.2, -0.15) is 0 Å². The molecule has 0 bridgehead atoms. The molecular formula is C29H49N5O5. The number of carbonyl (C=O) groups is 5. The SMILES string of the molecule is CCC1(NC(=O)N[C@H](C(=O)N2CC(C(C)C)C[C@H]2C(=O)NCC(=O)C(=O)NC2CC2)C(C)(C)C)CCCCC1. The van der Waals surface area contributed by atoms with Gasteiger partial charge in [-0.05, 0) is 55.8 Å². The van der Waals surface area contributed by atoms with E-state index < -0.39 is 41.6 Å². The van der Waals surface area contributed by atoms with Crippen LogP contribution in [0.3, 0.4) is 0 Å². The van der Waals surface area contributed by atoms with Gasteiger partial charge in [-0.3, -0.25) is 19.2 Å². The van der Waals surface area contributed by atoms with Crippen LogP contribution in [0.25, 0.3) is 0 Å². The summed E-state index contributed by atoms with van der Waals surface area (Å²) in [5, 5.41) is 11.3. The zero-order valence-corrected chi connectivity index (χ0v) is 24.7. The number of amides is 5. The Kier molecular flexibility index (Phi) is 10.0. The van der Waals surface area contributed by atoms with Gasteiger partial charge in [-0.1, -0.05) is 60.8 Å². The van der Waals surface area contributed by atoms with E-state index in [2.05, 4.69) is 42.0 Å². The van der Waals surface area contributed by atoms with Gasteiger partial charge in [0.2, 0.25) is 17.6 Å². The Morgan fingerprint density at radius 1 is 1.00 bits per heavy atom. The van der Waals surface area contributed by atoms with E-state index in [1.807, 2.05) is 20.8 Å². The van der Waals surface area contributed by atoms with Gasteiger partial charge in [-0.25, -0.2) is 4.79 Å². The first-order valence-electron chi connectivity index (χ1n) is 14.8. The first kappa shape index (κ1) is 30.9. The van der Waals surface area contributed by atoms with Crippen LogP contribution in [-0.4, -0.2) is 71.2 Å². The number of rotatable bonds is 10. The Morgan fingerprint density at radius 2 is 1.64 bits per heavy atom. The first-order chi connectivity index (χ1) is 18.3. The topological polar surface area (TPSA) is 137 Å². The molecule has 3 fully saturated rings. The van der Waals surface area contributed by atoms with Crippen molar-refractivity contribution in [1.82, 2.24) is 26.2 Å². The van der Waals surface area contributed by atoms with E-state index in [1.54, 1.807) is 4.90 Å². The van der Waals surface area contributed by atoms with Crippen LogP contribution in [0.1, 0.15) is 99.3 Å². The van der Waals surface area contributed by atoms with Crippen LogP contribution in [0.15, 0.2) is 0 Å². The van der Waals surface area contributed by atoms with Gasteiger partial charge in [-0.15, -0.1) is 0 Å². The number of ketones is 1. The summed E-state index contributed by atoms with van der Waals surface area (Å²) in [6, 6.07) is -1.93. The second-order valence-corrected chi connectivity index (χ2v) is 13.2. The molecule has 10 nitrogen and oxygen atoms in total.